The Balaban J connectivity index is 2.57. The fourth-order valence-electron chi connectivity index (χ4n) is 1.68. The quantitative estimate of drug-likeness (QED) is 0.772. The summed E-state index contributed by atoms with van der Waals surface area (Å²) in [6.07, 6.45) is 1.79. The van der Waals surface area contributed by atoms with Gasteiger partial charge in [-0.05, 0) is 32.4 Å². The Kier molecular flexibility index (Phi) is 7.39. The zero-order chi connectivity index (χ0) is 15.9. The predicted molar refractivity (Wildman–Crippen MR) is 87.0 cm³/mol. The van der Waals surface area contributed by atoms with Gasteiger partial charge in [-0.3, -0.25) is 0 Å². The van der Waals surface area contributed by atoms with E-state index < -0.39 is 0 Å². The van der Waals surface area contributed by atoms with Crippen molar-refractivity contribution in [3.05, 3.63) is 22.8 Å². The van der Waals surface area contributed by atoms with Crippen molar-refractivity contribution in [1.29, 1.82) is 0 Å². The van der Waals surface area contributed by atoms with Crippen LogP contribution in [-0.2, 0) is 16.0 Å². The van der Waals surface area contributed by atoms with Crippen LogP contribution in [0.3, 0.4) is 0 Å². The molecule has 1 unspecified atom stereocenters. The van der Waals surface area contributed by atoms with Crippen LogP contribution in [0.25, 0.3) is 0 Å². The van der Waals surface area contributed by atoms with E-state index in [0.717, 1.165) is 12.1 Å². The molecule has 0 saturated heterocycles. The lowest BCUT2D eigenvalue weighted by molar-refractivity contribution is 0.0365. The van der Waals surface area contributed by atoms with Gasteiger partial charge in [0.15, 0.2) is 0 Å². The van der Waals surface area contributed by atoms with Crippen LogP contribution in [0.4, 0.5) is 5.82 Å². The SMILES string of the molecule is COCC(CNc1ncc(CNC(C)(C)C)cc1Cl)OC. The lowest BCUT2D eigenvalue weighted by Gasteiger charge is -2.21. The van der Waals surface area contributed by atoms with E-state index in [1.54, 1.807) is 14.2 Å². The zero-order valence-corrected chi connectivity index (χ0v) is 14.3. The van der Waals surface area contributed by atoms with Crippen molar-refractivity contribution in [3.63, 3.8) is 0 Å². The third-order valence-electron chi connectivity index (χ3n) is 2.90. The first-order valence-electron chi connectivity index (χ1n) is 7.00. The molecule has 0 radical (unpaired) electrons. The first kappa shape index (κ1) is 18.2. The van der Waals surface area contributed by atoms with Gasteiger partial charge in [0.2, 0.25) is 0 Å². The second-order valence-electron chi connectivity index (χ2n) is 5.97. The predicted octanol–water partition coefficient (Wildman–Crippen LogP) is 2.70. The molecule has 0 spiro atoms. The van der Waals surface area contributed by atoms with E-state index in [4.69, 9.17) is 21.1 Å². The van der Waals surface area contributed by atoms with Crippen LogP contribution in [0.15, 0.2) is 12.3 Å². The first-order chi connectivity index (χ1) is 9.85. The van der Waals surface area contributed by atoms with Gasteiger partial charge in [-0.1, -0.05) is 11.6 Å². The number of nitrogens with one attached hydrogen (secondary N) is 2. The molecule has 0 saturated carbocycles. The van der Waals surface area contributed by atoms with Crippen molar-refractivity contribution in [2.45, 2.75) is 39.0 Å². The van der Waals surface area contributed by atoms with E-state index in [1.165, 1.54) is 0 Å². The number of anilines is 1. The number of methoxy groups -OCH3 is 2. The minimum Gasteiger partial charge on any atom is -0.382 e. The molecule has 1 atom stereocenters. The van der Waals surface area contributed by atoms with Crippen molar-refractivity contribution in [3.8, 4) is 0 Å². The van der Waals surface area contributed by atoms with Crippen LogP contribution in [0.1, 0.15) is 26.3 Å². The topological polar surface area (TPSA) is 55.4 Å². The molecule has 21 heavy (non-hydrogen) atoms. The molecule has 0 amide bonds. The Hall–Kier alpha value is -0.880. The van der Waals surface area contributed by atoms with Crippen molar-refractivity contribution >= 4 is 17.4 Å². The molecule has 1 rings (SSSR count). The fourth-order valence-corrected chi connectivity index (χ4v) is 1.93. The number of halogens is 1. The van der Waals surface area contributed by atoms with Crippen molar-refractivity contribution in [1.82, 2.24) is 10.3 Å². The fraction of sp³-hybridized carbons (Fsp3) is 0.667. The lowest BCUT2D eigenvalue weighted by Crippen LogP contribution is -2.35. The minimum atomic E-state index is -0.0323. The van der Waals surface area contributed by atoms with Crippen molar-refractivity contribution in [2.75, 3.05) is 32.7 Å². The lowest BCUT2D eigenvalue weighted by atomic mass is 10.1. The second kappa shape index (κ2) is 8.54. The van der Waals surface area contributed by atoms with Gasteiger partial charge in [-0.25, -0.2) is 4.98 Å². The molecule has 0 aliphatic carbocycles. The molecule has 0 aliphatic heterocycles. The van der Waals surface area contributed by atoms with E-state index in [-0.39, 0.29) is 11.6 Å². The maximum absolute atomic E-state index is 6.26. The van der Waals surface area contributed by atoms with Crippen LogP contribution < -0.4 is 10.6 Å². The molecule has 0 aromatic carbocycles. The molecule has 2 N–H and O–H groups in total. The summed E-state index contributed by atoms with van der Waals surface area (Å²) in [6, 6.07) is 1.92. The molecule has 120 valence electrons. The number of aromatic nitrogens is 1. The highest BCUT2D eigenvalue weighted by molar-refractivity contribution is 6.32. The maximum atomic E-state index is 6.26. The third-order valence-corrected chi connectivity index (χ3v) is 3.19. The minimum absolute atomic E-state index is 0.0323. The molecular formula is C15H26ClN3O2. The Morgan fingerprint density at radius 1 is 1.33 bits per heavy atom. The van der Waals surface area contributed by atoms with Crippen LogP contribution in [-0.4, -0.2) is 44.0 Å². The van der Waals surface area contributed by atoms with Crippen molar-refractivity contribution in [2.24, 2.45) is 0 Å². The van der Waals surface area contributed by atoms with Gasteiger partial charge in [-0.15, -0.1) is 0 Å². The molecule has 1 heterocycles. The zero-order valence-electron chi connectivity index (χ0n) is 13.5. The summed E-state index contributed by atoms with van der Waals surface area (Å²) in [6.45, 7) is 8.22. The Morgan fingerprint density at radius 3 is 2.57 bits per heavy atom. The largest absolute Gasteiger partial charge is 0.382 e. The summed E-state index contributed by atoms with van der Waals surface area (Å²) in [7, 11) is 3.30. The highest BCUT2D eigenvalue weighted by Gasteiger charge is 2.11. The van der Waals surface area contributed by atoms with E-state index >= 15 is 0 Å². The Labute approximate surface area is 132 Å². The van der Waals surface area contributed by atoms with Crippen LogP contribution in [0, 0.1) is 0 Å². The molecule has 1 aromatic heterocycles. The molecule has 1 aromatic rings. The Bertz CT molecular complexity index is 435. The summed E-state index contributed by atoms with van der Waals surface area (Å²) < 4.78 is 10.4. The molecule has 0 fully saturated rings. The van der Waals surface area contributed by atoms with Gasteiger partial charge < -0.3 is 20.1 Å². The third kappa shape index (κ3) is 7.09. The number of pyridine rings is 1. The molecule has 0 aliphatic rings. The molecule has 5 nitrogen and oxygen atoms in total. The van der Waals surface area contributed by atoms with Gasteiger partial charge in [0.05, 0.1) is 17.7 Å². The van der Waals surface area contributed by atoms with Gasteiger partial charge in [0.25, 0.3) is 0 Å². The highest BCUT2D eigenvalue weighted by Crippen LogP contribution is 2.20. The number of nitrogens with zero attached hydrogens (tertiary/aromatic N) is 1. The van der Waals surface area contributed by atoms with Gasteiger partial charge >= 0.3 is 0 Å². The van der Waals surface area contributed by atoms with E-state index in [1.807, 2.05) is 12.3 Å². The summed E-state index contributed by atoms with van der Waals surface area (Å²) in [4.78, 5) is 4.37. The van der Waals surface area contributed by atoms with Crippen LogP contribution >= 0.6 is 11.6 Å². The number of hydrogen-bond donors (Lipinski definition) is 2. The molecule has 0 bridgehead atoms. The average molecular weight is 316 g/mol. The van der Waals surface area contributed by atoms with Crippen molar-refractivity contribution < 1.29 is 9.47 Å². The summed E-state index contributed by atoms with van der Waals surface area (Å²) in [5, 5.41) is 7.19. The highest BCUT2D eigenvalue weighted by atomic mass is 35.5. The summed E-state index contributed by atoms with van der Waals surface area (Å²) >= 11 is 6.26. The maximum Gasteiger partial charge on any atom is 0.144 e. The average Bonchev–Trinajstić information content (AvgIpc) is 2.41. The smallest absolute Gasteiger partial charge is 0.144 e. The standard InChI is InChI=1S/C15H26ClN3O2/c1-15(2,3)19-8-11-6-13(16)14(17-7-11)18-9-12(21-5)10-20-4/h6-7,12,19H,8-10H2,1-5H3,(H,17,18). The molecular weight excluding hydrogens is 290 g/mol. The van der Waals surface area contributed by atoms with Crippen LogP contribution in [0.2, 0.25) is 5.02 Å². The van der Waals surface area contributed by atoms with Gasteiger partial charge in [0.1, 0.15) is 5.82 Å². The van der Waals surface area contributed by atoms with E-state index in [2.05, 4.69) is 36.4 Å². The van der Waals surface area contributed by atoms with E-state index in [9.17, 15) is 0 Å². The first-order valence-corrected chi connectivity index (χ1v) is 7.38. The monoisotopic (exact) mass is 315 g/mol. The number of hydrogen-bond acceptors (Lipinski definition) is 5. The van der Waals surface area contributed by atoms with E-state index in [0.29, 0.717) is 24.0 Å². The van der Waals surface area contributed by atoms with Gasteiger partial charge in [0, 0.05) is 39.0 Å². The summed E-state index contributed by atoms with van der Waals surface area (Å²) in [5.74, 6) is 0.661. The Morgan fingerprint density at radius 2 is 2.05 bits per heavy atom. The van der Waals surface area contributed by atoms with Crippen LogP contribution in [0.5, 0.6) is 0 Å². The van der Waals surface area contributed by atoms with Gasteiger partial charge in [-0.2, -0.15) is 0 Å². The number of rotatable bonds is 8. The normalized spacial score (nSPS) is 13.2. The second-order valence-corrected chi connectivity index (χ2v) is 6.38. The summed E-state index contributed by atoms with van der Waals surface area (Å²) in [5.41, 5.74) is 1.12. The molecule has 6 heteroatoms. The number of ether oxygens (including phenoxy) is 2.